The highest BCUT2D eigenvalue weighted by atomic mass is 32.2. The molecule has 1 saturated carbocycles. The summed E-state index contributed by atoms with van der Waals surface area (Å²) >= 11 is 0. The summed E-state index contributed by atoms with van der Waals surface area (Å²) in [7, 11) is -3.30. The minimum Gasteiger partial charge on any atom is -0.367 e. The van der Waals surface area contributed by atoms with Gasteiger partial charge in [0.15, 0.2) is 0 Å². The van der Waals surface area contributed by atoms with Crippen molar-refractivity contribution in [3.63, 3.8) is 0 Å². The van der Waals surface area contributed by atoms with Gasteiger partial charge in [-0.25, -0.2) is 12.7 Å². The van der Waals surface area contributed by atoms with E-state index in [0.29, 0.717) is 26.2 Å². The van der Waals surface area contributed by atoms with Gasteiger partial charge < -0.3 is 9.80 Å². The van der Waals surface area contributed by atoms with Gasteiger partial charge in [-0.2, -0.15) is 0 Å². The fraction of sp³-hybridized carbons (Fsp3) is 0.600. The largest absolute Gasteiger partial charge is 0.367 e. The zero-order valence-corrected chi connectivity index (χ0v) is 20.0. The lowest BCUT2D eigenvalue weighted by molar-refractivity contribution is -0.137. The van der Waals surface area contributed by atoms with Gasteiger partial charge in [0.2, 0.25) is 15.9 Å². The average molecular weight is 471 g/mol. The van der Waals surface area contributed by atoms with E-state index in [9.17, 15) is 13.2 Å². The first-order chi connectivity index (χ1) is 16.0. The van der Waals surface area contributed by atoms with Crippen molar-refractivity contribution in [1.82, 2.24) is 14.2 Å². The second-order valence-corrected chi connectivity index (χ2v) is 11.9. The number of nitrogens with zero attached hydrogens (tertiary/aromatic N) is 4. The number of para-hydroxylation sites is 1. The molecule has 3 fully saturated rings. The van der Waals surface area contributed by atoms with Crippen molar-refractivity contribution >= 4 is 32.5 Å². The molecular formula is C25H34N4O3S. The number of piperidine rings is 1. The molecule has 5 rings (SSSR count). The highest BCUT2D eigenvalue weighted by Crippen LogP contribution is 2.30. The molecule has 3 aliphatic rings. The number of rotatable bonds is 4. The second kappa shape index (κ2) is 9.58. The summed E-state index contributed by atoms with van der Waals surface area (Å²) in [5, 5.41) is 0.884. The standard InChI is InChI=1S/C25H34N4O3S/c30-25(20-7-6-14-29(19-20)33(31,32)21-8-2-1-3-9-21)28-17-15-27(16-18-28)24-12-13-26-23-11-5-4-10-22(23)24/h4-5,10-13,20-21H,1-3,6-9,14-19H2. The molecule has 1 aliphatic carbocycles. The maximum Gasteiger partial charge on any atom is 0.227 e. The van der Waals surface area contributed by atoms with Gasteiger partial charge in [-0.15, -0.1) is 0 Å². The van der Waals surface area contributed by atoms with E-state index < -0.39 is 10.0 Å². The van der Waals surface area contributed by atoms with Crippen molar-refractivity contribution in [3.05, 3.63) is 36.5 Å². The highest BCUT2D eigenvalue weighted by molar-refractivity contribution is 7.89. The van der Waals surface area contributed by atoms with Crippen LogP contribution >= 0.6 is 0 Å². The molecule has 3 heterocycles. The Morgan fingerprint density at radius 1 is 0.879 bits per heavy atom. The molecule has 8 heteroatoms. The fourth-order valence-electron chi connectivity index (χ4n) is 5.73. The molecule has 178 valence electrons. The maximum atomic E-state index is 13.3. The quantitative estimate of drug-likeness (QED) is 0.686. The number of sulfonamides is 1. The second-order valence-electron chi connectivity index (χ2n) is 9.66. The molecule has 1 amide bonds. The van der Waals surface area contributed by atoms with E-state index in [1.165, 1.54) is 0 Å². The van der Waals surface area contributed by atoms with Gasteiger partial charge in [0, 0.05) is 56.5 Å². The molecule has 1 atom stereocenters. The molecule has 0 radical (unpaired) electrons. The summed E-state index contributed by atoms with van der Waals surface area (Å²) in [6.07, 6.45) is 8.06. The topological polar surface area (TPSA) is 73.8 Å². The summed E-state index contributed by atoms with van der Waals surface area (Å²) in [5.41, 5.74) is 2.14. The Morgan fingerprint density at radius 2 is 1.64 bits per heavy atom. The molecular weight excluding hydrogens is 436 g/mol. The van der Waals surface area contributed by atoms with E-state index in [0.717, 1.165) is 74.6 Å². The Hall–Kier alpha value is -2.19. The van der Waals surface area contributed by atoms with Crippen LogP contribution in [0.3, 0.4) is 0 Å². The van der Waals surface area contributed by atoms with E-state index in [1.54, 1.807) is 4.31 Å². The first-order valence-corrected chi connectivity index (χ1v) is 13.9. The fourth-order valence-corrected chi connectivity index (χ4v) is 7.85. The highest BCUT2D eigenvalue weighted by Gasteiger charge is 2.39. The van der Waals surface area contributed by atoms with Crippen LogP contribution in [0.25, 0.3) is 10.9 Å². The van der Waals surface area contributed by atoms with Gasteiger partial charge in [-0.3, -0.25) is 9.78 Å². The molecule has 0 spiro atoms. The Bertz CT molecular complexity index is 1090. The van der Waals surface area contributed by atoms with Crippen molar-refractivity contribution in [2.45, 2.75) is 50.2 Å². The molecule has 7 nitrogen and oxygen atoms in total. The number of anilines is 1. The normalized spacial score (nSPS) is 23.7. The lowest BCUT2D eigenvalue weighted by Gasteiger charge is -2.40. The predicted octanol–water partition coefficient (Wildman–Crippen LogP) is 3.26. The van der Waals surface area contributed by atoms with E-state index in [1.807, 2.05) is 29.3 Å². The monoisotopic (exact) mass is 470 g/mol. The number of pyridine rings is 1. The molecule has 1 unspecified atom stereocenters. The third-order valence-corrected chi connectivity index (χ3v) is 9.99. The number of hydrogen-bond acceptors (Lipinski definition) is 5. The number of piperazine rings is 1. The maximum absolute atomic E-state index is 13.3. The van der Waals surface area contributed by atoms with Crippen LogP contribution in [0.5, 0.6) is 0 Å². The van der Waals surface area contributed by atoms with E-state index in [2.05, 4.69) is 22.0 Å². The van der Waals surface area contributed by atoms with Gasteiger partial charge in [0.1, 0.15) is 0 Å². The van der Waals surface area contributed by atoms with Crippen molar-refractivity contribution in [1.29, 1.82) is 0 Å². The number of hydrogen-bond donors (Lipinski definition) is 0. The van der Waals surface area contributed by atoms with Crippen LogP contribution in [0.1, 0.15) is 44.9 Å². The third kappa shape index (κ3) is 4.60. The number of carbonyl (C=O) groups excluding carboxylic acids is 1. The van der Waals surface area contributed by atoms with Crippen LogP contribution in [0, 0.1) is 5.92 Å². The first kappa shape index (κ1) is 22.6. The van der Waals surface area contributed by atoms with Gasteiger partial charge in [0.25, 0.3) is 0 Å². The minimum absolute atomic E-state index is 0.123. The number of carbonyl (C=O) groups is 1. The molecule has 33 heavy (non-hydrogen) atoms. The van der Waals surface area contributed by atoms with Crippen molar-refractivity contribution < 1.29 is 13.2 Å². The Kier molecular flexibility index (Phi) is 6.56. The summed E-state index contributed by atoms with van der Waals surface area (Å²) in [6.45, 7) is 3.80. The van der Waals surface area contributed by atoms with Gasteiger partial charge in [-0.1, -0.05) is 37.5 Å². The first-order valence-electron chi connectivity index (χ1n) is 12.4. The van der Waals surface area contributed by atoms with Crippen LogP contribution in [0.15, 0.2) is 36.5 Å². The molecule has 1 aromatic heterocycles. The Morgan fingerprint density at radius 3 is 2.42 bits per heavy atom. The smallest absolute Gasteiger partial charge is 0.227 e. The summed E-state index contributed by atoms with van der Waals surface area (Å²) < 4.78 is 28.0. The van der Waals surface area contributed by atoms with Crippen LogP contribution in [0.2, 0.25) is 0 Å². The summed E-state index contributed by atoms with van der Waals surface area (Å²) in [5.74, 6) is -0.0943. The number of benzene rings is 1. The van der Waals surface area contributed by atoms with Gasteiger partial charge >= 0.3 is 0 Å². The van der Waals surface area contributed by atoms with E-state index in [4.69, 9.17) is 0 Å². The van der Waals surface area contributed by atoms with E-state index in [-0.39, 0.29) is 17.1 Å². The summed E-state index contributed by atoms with van der Waals surface area (Å²) in [6, 6.07) is 10.2. The molecule has 2 aliphatic heterocycles. The lowest BCUT2D eigenvalue weighted by Crippen LogP contribution is -2.53. The van der Waals surface area contributed by atoms with Crippen LogP contribution in [-0.2, 0) is 14.8 Å². The third-order valence-electron chi connectivity index (χ3n) is 7.62. The zero-order valence-electron chi connectivity index (χ0n) is 19.2. The van der Waals surface area contributed by atoms with Gasteiger partial charge in [-0.05, 0) is 37.8 Å². The average Bonchev–Trinajstić information content (AvgIpc) is 2.88. The summed E-state index contributed by atoms with van der Waals surface area (Å²) in [4.78, 5) is 22.1. The molecule has 2 saturated heterocycles. The number of aromatic nitrogens is 1. The Balaban J connectivity index is 1.22. The number of fused-ring (bicyclic) bond motifs is 1. The van der Waals surface area contributed by atoms with Crippen molar-refractivity contribution in [2.75, 3.05) is 44.2 Å². The van der Waals surface area contributed by atoms with E-state index >= 15 is 0 Å². The Labute approximate surface area is 196 Å². The van der Waals surface area contributed by atoms with Gasteiger partial charge in [0.05, 0.1) is 16.7 Å². The predicted molar refractivity (Wildman–Crippen MR) is 131 cm³/mol. The molecule has 0 bridgehead atoms. The van der Waals surface area contributed by atoms with Crippen molar-refractivity contribution in [2.24, 2.45) is 5.92 Å². The van der Waals surface area contributed by atoms with Crippen molar-refractivity contribution in [3.8, 4) is 0 Å². The lowest BCUT2D eigenvalue weighted by atomic mass is 9.97. The van der Waals surface area contributed by atoms with Crippen LogP contribution < -0.4 is 4.90 Å². The number of amides is 1. The van der Waals surface area contributed by atoms with Crippen LogP contribution in [-0.4, -0.2) is 73.0 Å². The SMILES string of the molecule is O=C(C1CCCN(S(=O)(=O)C2CCCCC2)C1)N1CCN(c2ccnc3ccccc23)CC1. The van der Waals surface area contributed by atoms with Crippen LogP contribution in [0.4, 0.5) is 5.69 Å². The molecule has 0 N–H and O–H groups in total. The zero-order chi connectivity index (χ0) is 22.8. The minimum atomic E-state index is -3.30. The molecule has 2 aromatic rings. The molecule has 1 aromatic carbocycles.